The first-order valence-electron chi connectivity index (χ1n) is 5.78. The molecule has 94 valence electrons. The fourth-order valence-corrected chi connectivity index (χ4v) is 1.58. The summed E-state index contributed by atoms with van der Waals surface area (Å²) in [6, 6.07) is 0. The van der Waals surface area contributed by atoms with Gasteiger partial charge in [-0.2, -0.15) is 0 Å². The molecule has 4 nitrogen and oxygen atoms in total. The maximum atomic E-state index is 11.8. The van der Waals surface area contributed by atoms with Crippen LogP contribution in [0.1, 0.15) is 33.1 Å². The van der Waals surface area contributed by atoms with Crippen LogP contribution in [0.15, 0.2) is 0 Å². The van der Waals surface area contributed by atoms with Gasteiger partial charge in [0.05, 0.1) is 0 Å². The highest BCUT2D eigenvalue weighted by Gasteiger charge is 2.42. The molecule has 16 heavy (non-hydrogen) atoms. The Balaban J connectivity index is 2.32. The van der Waals surface area contributed by atoms with Gasteiger partial charge in [-0.05, 0) is 38.5 Å². The summed E-state index contributed by atoms with van der Waals surface area (Å²) in [7, 11) is 3.26. The molecule has 1 rings (SSSR count). The Hall–Kier alpha value is -0.610. The van der Waals surface area contributed by atoms with E-state index in [9.17, 15) is 4.79 Å². The fourth-order valence-electron chi connectivity index (χ4n) is 1.58. The number of nitrogens with one attached hydrogen (secondary N) is 1. The molecule has 0 bridgehead atoms. The Morgan fingerprint density at radius 1 is 1.38 bits per heavy atom. The number of amides is 1. The molecule has 0 unspecified atom stereocenters. The summed E-state index contributed by atoms with van der Waals surface area (Å²) in [4.78, 5) is 11.8. The fraction of sp³-hybridized carbons (Fsp3) is 0.917. The second kappa shape index (κ2) is 5.15. The van der Waals surface area contributed by atoms with Crippen molar-refractivity contribution >= 4 is 5.91 Å². The van der Waals surface area contributed by atoms with Gasteiger partial charge in [-0.25, -0.2) is 0 Å². The van der Waals surface area contributed by atoms with Gasteiger partial charge in [-0.1, -0.05) is 0 Å². The first-order valence-corrected chi connectivity index (χ1v) is 5.78. The molecule has 1 saturated carbocycles. The van der Waals surface area contributed by atoms with Crippen molar-refractivity contribution in [2.24, 2.45) is 5.41 Å². The molecule has 0 atom stereocenters. The number of carbonyl (C=O) groups excluding carboxylic acids is 1. The molecule has 0 aromatic carbocycles. The molecule has 1 fully saturated rings. The highest BCUT2D eigenvalue weighted by molar-refractivity contribution is 5.84. The maximum absolute atomic E-state index is 11.8. The van der Waals surface area contributed by atoms with Crippen LogP contribution in [0.5, 0.6) is 0 Å². The minimum absolute atomic E-state index is 0.0429. The number of ether oxygens (including phenoxy) is 2. The van der Waals surface area contributed by atoms with Crippen LogP contribution >= 0.6 is 0 Å². The Labute approximate surface area is 97.7 Å². The Bertz CT molecular complexity index is 247. The molecule has 0 saturated heterocycles. The molecule has 1 aliphatic carbocycles. The molecule has 1 amide bonds. The summed E-state index contributed by atoms with van der Waals surface area (Å²) in [5.74, 6) is -0.0429. The van der Waals surface area contributed by atoms with E-state index in [0.717, 1.165) is 19.6 Å². The van der Waals surface area contributed by atoms with Crippen molar-refractivity contribution in [1.82, 2.24) is 5.32 Å². The number of hydrogen-bond donors (Lipinski definition) is 1. The lowest BCUT2D eigenvalue weighted by atomic mass is 10.0. The Morgan fingerprint density at radius 3 is 2.44 bits per heavy atom. The molecular formula is C12H23NO3. The van der Waals surface area contributed by atoms with E-state index < -0.39 is 5.60 Å². The van der Waals surface area contributed by atoms with E-state index in [1.807, 2.05) is 0 Å². The van der Waals surface area contributed by atoms with E-state index in [-0.39, 0.29) is 11.3 Å². The van der Waals surface area contributed by atoms with E-state index in [2.05, 4.69) is 5.32 Å². The first-order chi connectivity index (χ1) is 7.46. The number of rotatable bonds is 7. The predicted molar refractivity (Wildman–Crippen MR) is 62.3 cm³/mol. The quantitative estimate of drug-likeness (QED) is 0.716. The van der Waals surface area contributed by atoms with Crippen molar-refractivity contribution in [3.05, 3.63) is 0 Å². The first kappa shape index (κ1) is 13.5. The smallest absolute Gasteiger partial charge is 0.251 e. The van der Waals surface area contributed by atoms with E-state index in [0.29, 0.717) is 0 Å². The summed E-state index contributed by atoms with van der Waals surface area (Å²) >= 11 is 0. The van der Waals surface area contributed by atoms with Crippen LogP contribution in [-0.4, -0.2) is 38.9 Å². The van der Waals surface area contributed by atoms with E-state index in [4.69, 9.17) is 9.47 Å². The van der Waals surface area contributed by atoms with Crippen molar-refractivity contribution in [3.8, 4) is 0 Å². The Morgan fingerprint density at radius 2 is 2.00 bits per heavy atom. The van der Waals surface area contributed by atoms with Crippen LogP contribution in [-0.2, 0) is 14.3 Å². The summed E-state index contributed by atoms with van der Waals surface area (Å²) in [5, 5.41) is 2.97. The van der Waals surface area contributed by atoms with Crippen LogP contribution < -0.4 is 5.32 Å². The minimum atomic E-state index is -0.739. The SMILES string of the molecule is COCCC1(CNC(=O)C(C)(C)OC)CC1. The predicted octanol–water partition coefficient (Wildman–Crippen LogP) is 1.34. The lowest BCUT2D eigenvalue weighted by Crippen LogP contribution is -2.45. The van der Waals surface area contributed by atoms with Gasteiger partial charge in [0.25, 0.3) is 5.91 Å². The van der Waals surface area contributed by atoms with Gasteiger partial charge >= 0.3 is 0 Å². The molecule has 0 aliphatic heterocycles. The Kier molecular flexibility index (Phi) is 4.33. The standard InChI is InChI=1S/C12H23NO3/c1-11(2,16-4)10(14)13-9-12(5-6-12)7-8-15-3/h5-9H2,1-4H3,(H,13,14). The van der Waals surface area contributed by atoms with Gasteiger partial charge in [0.2, 0.25) is 0 Å². The van der Waals surface area contributed by atoms with E-state index >= 15 is 0 Å². The number of hydrogen-bond acceptors (Lipinski definition) is 3. The summed E-state index contributed by atoms with van der Waals surface area (Å²) in [5.41, 5.74) is -0.452. The summed E-state index contributed by atoms with van der Waals surface area (Å²) in [6.07, 6.45) is 3.39. The van der Waals surface area contributed by atoms with Crippen molar-refractivity contribution in [2.45, 2.75) is 38.7 Å². The molecule has 0 aromatic rings. The van der Waals surface area contributed by atoms with Crippen molar-refractivity contribution in [3.63, 3.8) is 0 Å². The maximum Gasteiger partial charge on any atom is 0.251 e. The van der Waals surface area contributed by atoms with Crippen LogP contribution in [0.3, 0.4) is 0 Å². The molecule has 0 spiro atoms. The normalized spacial score (nSPS) is 18.2. The molecule has 0 aromatic heterocycles. The zero-order valence-electron chi connectivity index (χ0n) is 10.8. The van der Waals surface area contributed by atoms with E-state index in [1.165, 1.54) is 12.8 Å². The number of methoxy groups -OCH3 is 2. The third-order valence-electron chi connectivity index (χ3n) is 3.47. The second-order valence-electron chi connectivity index (χ2n) is 5.14. The van der Waals surface area contributed by atoms with Crippen molar-refractivity contribution in [2.75, 3.05) is 27.4 Å². The largest absolute Gasteiger partial charge is 0.385 e. The van der Waals surface area contributed by atoms with Gasteiger partial charge in [-0.15, -0.1) is 0 Å². The van der Waals surface area contributed by atoms with Crippen LogP contribution in [0.4, 0.5) is 0 Å². The van der Waals surface area contributed by atoms with Crippen LogP contribution in [0, 0.1) is 5.41 Å². The molecule has 4 heteroatoms. The van der Waals surface area contributed by atoms with Crippen molar-refractivity contribution < 1.29 is 14.3 Å². The van der Waals surface area contributed by atoms with Gasteiger partial charge in [0.15, 0.2) is 0 Å². The summed E-state index contributed by atoms with van der Waals surface area (Å²) < 4.78 is 10.2. The summed E-state index contributed by atoms with van der Waals surface area (Å²) in [6.45, 7) is 5.06. The average molecular weight is 229 g/mol. The zero-order valence-corrected chi connectivity index (χ0v) is 10.8. The lowest BCUT2D eigenvalue weighted by molar-refractivity contribution is -0.139. The molecule has 1 N–H and O–H groups in total. The molecule has 1 aliphatic rings. The monoisotopic (exact) mass is 229 g/mol. The van der Waals surface area contributed by atoms with Gasteiger partial charge < -0.3 is 14.8 Å². The third kappa shape index (κ3) is 3.46. The van der Waals surface area contributed by atoms with Gasteiger partial charge in [-0.3, -0.25) is 4.79 Å². The number of carbonyl (C=O) groups is 1. The molecular weight excluding hydrogens is 206 g/mol. The van der Waals surface area contributed by atoms with Crippen LogP contribution in [0.2, 0.25) is 0 Å². The van der Waals surface area contributed by atoms with Crippen LogP contribution in [0.25, 0.3) is 0 Å². The highest BCUT2D eigenvalue weighted by atomic mass is 16.5. The third-order valence-corrected chi connectivity index (χ3v) is 3.47. The lowest BCUT2D eigenvalue weighted by Gasteiger charge is -2.24. The average Bonchev–Trinajstić information content (AvgIpc) is 3.04. The van der Waals surface area contributed by atoms with Gasteiger partial charge in [0.1, 0.15) is 5.60 Å². The second-order valence-corrected chi connectivity index (χ2v) is 5.14. The van der Waals surface area contributed by atoms with Gasteiger partial charge in [0, 0.05) is 27.4 Å². The topological polar surface area (TPSA) is 47.6 Å². The van der Waals surface area contributed by atoms with Crippen molar-refractivity contribution in [1.29, 1.82) is 0 Å². The zero-order chi connectivity index (χ0) is 12.2. The van der Waals surface area contributed by atoms with E-state index in [1.54, 1.807) is 28.1 Å². The molecule has 0 heterocycles. The highest BCUT2D eigenvalue weighted by Crippen LogP contribution is 2.48. The minimum Gasteiger partial charge on any atom is -0.385 e. The molecule has 0 radical (unpaired) electrons.